The molecule has 0 unspecified atom stereocenters. The molecule has 3 amide bonds. The molecule has 3 fully saturated rings. The second-order valence-corrected chi connectivity index (χ2v) is 6.18. The van der Waals surface area contributed by atoms with Gasteiger partial charge in [-0.15, -0.1) is 0 Å². The summed E-state index contributed by atoms with van der Waals surface area (Å²) in [6.07, 6.45) is 3.41. The number of carbonyl (C=O) groups excluding carboxylic acids is 2. The van der Waals surface area contributed by atoms with Gasteiger partial charge in [-0.25, -0.2) is 9.08 Å². The highest BCUT2D eigenvalue weighted by molar-refractivity contribution is 7.75. The predicted molar refractivity (Wildman–Crippen MR) is 79.5 cm³/mol. The summed E-state index contributed by atoms with van der Waals surface area (Å²) in [4.78, 5) is 28.5. The predicted octanol–water partition coefficient (Wildman–Crippen LogP) is 0.242. The molecule has 1 N–H and O–H groups in total. The third-order valence-electron chi connectivity index (χ3n) is 4.90. The maximum Gasteiger partial charge on any atom is 0.345 e. The molecule has 0 aromatic rings. The largest absolute Gasteiger partial charge is 0.345 e. The monoisotopic (exact) mass is 314 g/mol. The number of thiol groups is 1. The Morgan fingerprint density at radius 1 is 1.33 bits per heavy atom. The van der Waals surface area contributed by atoms with Gasteiger partial charge in [0.05, 0.1) is 6.04 Å². The van der Waals surface area contributed by atoms with Gasteiger partial charge < -0.3 is 15.1 Å². The lowest BCUT2D eigenvalue weighted by atomic mass is 9.98. The third kappa shape index (κ3) is 2.60. The number of piperidine rings is 2. The zero-order chi connectivity index (χ0) is 15.0. The molecule has 2 atom stereocenters. The number of amides is 3. The Labute approximate surface area is 130 Å². The van der Waals surface area contributed by atoms with E-state index in [1.165, 1.54) is 5.06 Å². The minimum Gasteiger partial charge on any atom is -0.341 e. The maximum absolute atomic E-state index is 12.8. The molecule has 3 saturated heterocycles. The molecule has 3 aliphatic heterocycles. The fraction of sp³-hybridized carbons (Fsp3) is 0.846. The quantitative estimate of drug-likeness (QED) is 0.579. The molecule has 7 nitrogen and oxygen atoms in total. The standard InChI is InChI=1S/C13H22N4O3S/c1-15(9-4-6-14-7-5-9)12(18)11-3-2-10-8-16(11)13(19)17(10)20-21/h9-11,14,21H,2-8H2,1H3/t10-,11+/m1/s1. The van der Waals surface area contributed by atoms with Gasteiger partial charge in [0, 0.05) is 32.5 Å². The van der Waals surface area contributed by atoms with Crippen LogP contribution in [0.5, 0.6) is 0 Å². The average molecular weight is 314 g/mol. The molecule has 0 aliphatic carbocycles. The fourth-order valence-corrected chi connectivity index (χ4v) is 3.81. The first kappa shape index (κ1) is 14.9. The van der Waals surface area contributed by atoms with Crippen LogP contribution in [0.15, 0.2) is 0 Å². The molecule has 0 radical (unpaired) electrons. The molecule has 8 heteroatoms. The second kappa shape index (κ2) is 6.02. The average Bonchev–Trinajstić information content (AvgIpc) is 2.78. The van der Waals surface area contributed by atoms with Gasteiger partial charge in [0.1, 0.15) is 6.04 Å². The molecule has 0 saturated carbocycles. The van der Waals surface area contributed by atoms with Gasteiger partial charge in [-0.1, -0.05) is 0 Å². The van der Waals surface area contributed by atoms with E-state index in [0.717, 1.165) is 32.4 Å². The number of nitrogens with zero attached hydrogens (tertiary/aromatic N) is 3. The molecular formula is C13H22N4O3S. The summed E-state index contributed by atoms with van der Waals surface area (Å²) in [5.74, 6) is 0.0507. The second-order valence-electron chi connectivity index (χ2n) is 6.02. The van der Waals surface area contributed by atoms with Crippen molar-refractivity contribution >= 4 is 24.8 Å². The number of carbonyl (C=O) groups is 2. The number of rotatable bonds is 3. The molecule has 0 aromatic heterocycles. The fourth-order valence-electron chi connectivity index (χ4n) is 3.60. The van der Waals surface area contributed by atoms with E-state index >= 15 is 0 Å². The Morgan fingerprint density at radius 3 is 2.71 bits per heavy atom. The van der Waals surface area contributed by atoms with Crippen molar-refractivity contribution in [2.24, 2.45) is 0 Å². The van der Waals surface area contributed by atoms with E-state index in [4.69, 9.17) is 4.28 Å². The Kier molecular flexibility index (Phi) is 4.28. The number of fused-ring (bicyclic) bond motifs is 2. The Bertz CT molecular complexity index is 430. The Morgan fingerprint density at radius 2 is 2.05 bits per heavy atom. The molecule has 3 aliphatic rings. The molecular weight excluding hydrogens is 292 g/mol. The summed E-state index contributed by atoms with van der Waals surface area (Å²) < 4.78 is 4.85. The summed E-state index contributed by atoms with van der Waals surface area (Å²) >= 11 is 3.74. The highest BCUT2D eigenvalue weighted by Gasteiger charge is 2.48. The van der Waals surface area contributed by atoms with Crippen molar-refractivity contribution in [2.45, 2.75) is 43.8 Å². The van der Waals surface area contributed by atoms with Gasteiger partial charge >= 0.3 is 6.03 Å². The first-order chi connectivity index (χ1) is 10.1. The zero-order valence-electron chi connectivity index (χ0n) is 12.2. The Balaban J connectivity index is 1.69. The number of hydroxylamine groups is 2. The number of urea groups is 1. The van der Waals surface area contributed by atoms with Crippen molar-refractivity contribution in [1.82, 2.24) is 20.2 Å². The molecule has 0 aromatic carbocycles. The molecule has 21 heavy (non-hydrogen) atoms. The van der Waals surface area contributed by atoms with Gasteiger partial charge in [-0.3, -0.25) is 4.79 Å². The van der Waals surface area contributed by atoms with Crippen LogP contribution in [0.2, 0.25) is 0 Å². The molecule has 0 spiro atoms. The number of nitrogens with one attached hydrogen (secondary N) is 1. The van der Waals surface area contributed by atoms with Crippen LogP contribution in [0.3, 0.4) is 0 Å². The van der Waals surface area contributed by atoms with E-state index in [2.05, 4.69) is 18.2 Å². The van der Waals surface area contributed by atoms with Crippen molar-refractivity contribution in [3.63, 3.8) is 0 Å². The van der Waals surface area contributed by atoms with E-state index < -0.39 is 0 Å². The van der Waals surface area contributed by atoms with Gasteiger partial charge in [0.15, 0.2) is 0 Å². The molecule has 118 valence electrons. The maximum atomic E-state index is 12.8. The minimum atomic E-state index is -0.359. The zero-order valence-corrected chi connectivity index (χ0v) is 13.1. The van der Waals surface area contributed by atoms with Gasteiger partial charge in [-0.2, -0.15) is 5.06 Å². The normalized spacial score (nSPS) is 29.9. The van der Waals surface area contributed by atoms with Crippen LogP contribution in [0.25, 0.3) is 0 Å². The molecule has 3 heterocycles. The van der Waals surface area contributed by atoms with E-state index in [1.54, 1.807) is 4.90 Å². The molecule has 2 bridgehead atoms. The van der Waals surface area contributed by atoms with Gasteiger partial charge in [0.25, 0.3) is 0 Å². The summed E-state index contributed by atoms with van der Waals surface area (Å²) in [5.41, 5.74) is 0. The van der Waals surface area contributed by atoms with Crippen LogP contribution in [0.1, 0.15) is 25.7 Å². The van der Waals surface area contributed by atoms with E-state index in [0.29, 0.717) is 13.0 Å². The lowest BCUT2D eigenvalue weighted by molar-refractivity contribution is -0.137. The van der Waals surface area contributed by atoms with Crippen LogP contribution >= 0.6 is 12.9 Å². The summed E-state index contributed by atoms with van der Waals surface area (Å²) in [5, 5.41) is 4.58. The third-order valence-corrected chi connectivity index (χ3v) is 5.08. The van der Waals surface area contributed by atoms with Crippen molar-refractivity contribution in [1.29, 1.82) is 0 Å². The van der Waals surface area contributed by atoms with Crippen LogP contribution in [-0.4, -0.2) is 71.6 Å². The van der Waals surface area contributed by atoms with E-state index in [9.17, 15) is 9.59 Å². The first-order valence-electron chi connectivity index (χ1n) is 7.52. The minimum absolute atomic E-state index is 0.0169. The SMILES string of the molecule is CN(C(=O)[C@@H]1CC[C@@H]2CN1C(=O)N2OS)C1CCNCC1. The number of hydrogen-bond donors (Lipinski definition) is 2. The molecule has 3 rings (SSSR count). The van der Waals surface area contributed by atoms with Crippen LogP contribution in [0, 0.1) is 0 Å². The van der Waals surface area contributed by atoms with Crippen LogP contribution in [0.4, 0.5) is 4.79 Å². The van der Waals surface area contributed by atoms with Gasteiger partial charge in [-0.05, 0) is 38.8 Å². The lowest BCUT2D eigenvalue weighted by Gasteiger charge is -2.37. The van der Waals surface area contributed by atoms with Crippen molar-refractivity contribution in [3.05, 3.63) is 0 Å². The van der Waals surface area contributed by atoms with Gasteiger partial charge in [0.2, 0.25) is 5.91 Å². The highest BCUT2D eigenvalue weighted by Crippen LogP contribution is 2.31. The Hall–Kier alpha value is -0.990. The number of likely N-dealkylation sites (N-methyl/N-ethyl adjacent to an activating group) is 1. The summed E-state index contributed by atoms with van der Waals surface area (Å²) in [7, 11) is 1.86. The number of hydrogen-bond acceptors (Lipinski definition) is 5. The first-order valence-corrected chi connectivity index (χ1v) is 7.88. The van der Waals surface area contributed by atoms with E-state index in [1.807, 2.05) is 11.9 Å². The van der Waals surface area contributed by atoms with Crippen LogP contribution in [-0.2, 0) is 9.08 Å². The van der Waals surface area contributed by atoms with Crippen LogP contribution < -0.4 is 5.32 Å². The summed E-state index contributed by atoms with van der Waals surface area (Å²) in [6, 6.07) is -0.318. The highest BCUT2D eigenvalue weighted by atomic mass is 32.1. The lowest BCUT2D eigenvalue weighted by Crippen LogP contribution is -2.54. The topological polar surface area (TPSA) is 65.1 Å². The van der Waals surface area contributed by atoms with Crippen molar-refractivity contribution in [3.8, 4) is 0 Å². The van der Waals surface area contributed by atoms with E-state index in [-0.39, 0.29) is 30.1 Å². The van der Waals surface area contributed by atoms with Crippen molar-refractivity contribution < 1.29 is 13.9 Å². The van der Waals surface area contributed by atoms with Crippen molar-refractivity contribution in [2.75, 3.05) is 26.7 Å². The summed E-state index contributed by atoms with van der Waals surface area (Å²) in [6.45, 7) is 2.44. The smallest absolute Gasteiger partial charge is 0.341 e.